The van der Waals surface area contributed by atoms with Gasteiger partial charge in [-0.05, 0) is 72.1 Å². The molecule has 2 aromatic rings. The summed E-state index contributed by atoms with van der Waals surface area (Å²) in [6.07, 6.45) is 11.1. The van der Waals surface area contributed by atoms with Crippen LogP contribution in [-0.2, 0) is 0 Å². The van der Waals surface area contributed by atoms with Crippen molar-refractivity contribution in [2.75, 3.05) is 6.54 Å². The van der Waals surface area contributed by atoms with Crippen molar-refractivity contribution < 1.29 is 9.59 Å². The van der Waals surface area contributed by atoms with Gasteiger partial charge >= 0.3 is 0 Å². The molecule has 2 amide bonds. The van der Waals surface area contributed by atoms with E-state index in [1.165, 1.54) is 12.8 Å². The van der Waals surface area contributed by atoms with Crippen LogP contribution < -0.4 is 10.6 Å². The van der Waals surface area contributed by atoms with Crippen LogP contribution in [0.4, 0.5) is 0 Å². The molecular formula is C27H36N4O2. The van der Waals surface area contributed by atoms with Crippen molar-refractivity contribution >= 4 is 11.8 Å². The van der Waals surface area contributed by atoms with E-state index in [9.17, 15) is 9.59 Å². The first-order valence-corrected chi connectivity index (χ1v) is 12.1. The van der Waals surface area contributed by atoms with E-state index in [2.05, 4.69) is 48.3 Å². The monoisotopic (exact) mass is 448 g/mol. The Morgan fingerprint density at radius 1 is 1.00 bits per heavy atom. The van der Waals surface area contributed by atoms with E-state index in [0.717, 1.165) is 12.8 Å². The molecule has 2 aliphatic carbocycles. The molecule has 6 nitrogen and oxygen atoms in total. The Morgan fingerprint density at radius 2 is 1.76 bits per heavy atom. The molecule has 2 heterocycles. The highest BCUT2D eigenvalue weighted by atomic mass is 16.2. The average molecular weight is 449 g/mol. The number of fused-ring (bicyclic) bond motifs is 1. The zero-order chi connectivity index (χ0) is 23.6. The highest BCUT2D eigenvalue weighted by Crippen LogP contribution is 2.60. The van der Waals surface area contributed by atoms with Gasteiger partial charge in [-0.3, -0.25) is 19.6 Å². The third-order valence-corrected chi connectivity index (χ3v) is 8.55. The largest absolute Gasteiger partial charge is 0.352 e. The lowest BCUT2D eigenvalue weighted by atomic mass is 9.45. The van der Waals surface area contributed by atoms with Gasteiger partial charge in [-0.25, -0.2) is 0 Å². The normalized spacial score (nSPS) is 30.7. The van der Waals surface area contributed by atoms with Crippen molar-refractivity contribution in [1.29, 1.82) is 0 Å². The van der Waals surface area contributed by atoms with Crippen molar-refractivity contribution in [3.05, 3.63) is 60.2 Å². The zero-order valence-corrected chi connectivity index (χ0v) is 20.2. The summed E-state index contributed by atoms with van der Waals surface area (Å²) in [5.41, 5.74) is 1.52. The highest BCUT2D eigenvalue weighted by Gasteiger charge is 2.56. The highest BCUT2D eigenvalue weighted by molar-refractivity contribution is 5.94. The first-order chi connectivity index (χ1) is 15.7. The summed E-state index contributed by atoms with van der Waals surface area (Å²) < 4.78 is 0. The molecule has 0 aliphatic heterocycles. The second-order valence-corrected chi connectivity index (χ2v) is 10.9. The topological polar surface area (TPSA) is 84.0 Å². The number of rotatable bonds is 5. The van der Waals surface area contributed by atoms with Crippen molar-refractivity contribution in [2.24, 2.45) is 28.6 Å². The number of hydrogen-bond donors (Lipinski definition) is 2. The lowest BCUT2D eigenvalue weighted by Crippen LogP contribution is -2.60. The second-order valence-electron chi connectivity index (χ2n) is 10.9. The quantitative estimate of drug-likeness (QED) is 0.706. The van der Waals surface area contributed by atoms with E-state index in [0.29, 0.717) is 23.6 Å². The van der Waals surface area contributed by atoms with Gasteiger partial charge in [0, 0.05) is 42.9 Å². The van der Waals surface area contributed by atoms with Crippen molar-refractivity contribution in [1.82, 2.24) is 20.6 Å². The van der Waals surface area contributed by atoms with Gasteiger partial charge in [0.15, 0.2) is 0 Å². The van der Waals surface area contributed by atoms with Crippen molar-refractivity contribution in [2.45, 2.75) is 59.4 Å². The van der Waals surface area contributed by atoms with Gasteiger partial charge in [0.2, 0.25) is 0 Å². The molecule has 33 heavy (non-hydrogen) atoms. The van der Waals surface area contributed by atoms with Crippen LogP contribution in [0.5, 0.6) is 0 Å². The molecule has 2 fully saturated rings. The third-order valence-electron chi connectivity index (χ3n) is 8.55. The molecule has 6 heteroatoms. The van der Waals surface area contributed by atoms with Crippen LogP contribution in [0.25, 0.3) is 0 Å². The van der Waals surface area contributed by atoms with Gasteiger partial charge in [0.25, 0.3) is 11.8 Å². The maximum Gasteiger partial charge on any atom is 0.253 e. The van der Waals surface area contributed by atoms with Crippen LogP contribution in [0.15, 0.2) is 49.1 Å². The summed E-state index contributed by atoms with van der Waals surface area (Å²) in [5.74, 6) is 0.828. The molecule has 0 saturated heterocycles. The van der Waals surface area contributed by atoms with Crippen LogP contribution in [0.3, 0.4) is 0 Å². The fraction of sp³-hybridized carbons (Fsp3) is 0.556. The Morgan fingerprint density at radius 3 is 2.45 bits per heavy atom. The smallest absolute Gasteiger partial charge is 0.253 e. The summed E-state index contributed by atoms with van der Waals surface area (Å²) in [4.78, 5) is 33.9. The van der Waals surface area contributed by atoms with Gasteiger partial charge in [-0.1, -0.05) is 34.1 Å². The third kappa shape index (κ3) is 4.66. The molecule has 176 valence electrons. The molecule has 4 rings (SSSR count). The summed E-state index contributed by atoms with van der Waals surface area (Å²) in [6, 6.07) is 7.13. The van der Waals surface area contributed by atoms with E-state index in [1.54, 1.807) is 49.1 Å². The van der Waals surface area contributed by atoms with Crippen LogP contribution in [0.2, 0.25) is 0 Å². The molecule has 1 unspecified atom stereocenters. The Hall–Kier alpha value is -2.76. The standard InChI is InChI=1S/C27H36N4O2/c1-18-21(17-30-24(32)19-8-13-28-14-9-19)27(4)11-6-10-26(2,3)23(27)15-22(18)31-25(33)20-7-5-12-29-16-20/h5,7-9,12-14,16,18,21-23H,6,10-11,15,17H2,1-4H3,(H,30,32)(H,31,33)/t18-,21-,22+,23?,27+/m0/s1. The fourth-order valence-electron chi connectivity index (χ4n) is 6.71. The second kappa shape index (κ2) is 9.24. The van der Waals surface area contributed by atoms with Gasteiger partial charge in [0.1, 0.15) is 0 Å². The Kier molecular flexibility index (Phi) is 6.55. The molecule has 2 aliphatic rings. The lowest BCUT2D eigenvalue weighted by Gasteiger charge is -2.61. The predicted octanol–water partition coefficient (Wildman–Crippen LogP) is 4.49. The number of nitrogens with one attached hydrogen (secondary N) is 2. The zero-order valence-electron chi connectivity index (χ0n) is 20.2. The SMILES string of the molecule is C[C@@H]1[C@H](NC(=O)c2cccnc2)CC2C(C)(C)CCC[C@]2(C)[C@H]1CNC(=O)c1ccncc1. The number of amides is 2. The molecule has 5 atom stereocenters. The minimum Gasteiger partial charge on any atom is -0.352 e. The first kappa shape index (κ1) is 23.4. The van der Waals surface area contributed by atoms with Crippen LogP contribution in [0, 0.1) is 28.6 Å². The van der Waals surface area contributed by atoms with Crippen molar-refractivity contribution in [3.63, 3.8) is 0 Å². The van der Waals surface area contributed by atoms with E-state index in [4.69, 9.17) is 0 Å². The van der Waals surface area contributed by atoms with Gasteiger partial charge < -0.3 is 10.6 Å². The number of nitrogens with zero attached hydrogens (tertiary/aromatic N) is 2. The minimum atomic E-state index is -0.0725. The fourth-order valence-corrected chi connectivity index (χ4v) is 6.71. The molecule has 0 spiro atoms. The van der Waals surface area contributed by atoms with Crippen molar-refractivity contribution in [3.8, 4) is 0 Å². The number of carbonyl (C=O) groups is 2. The van der Waals surface area contributed by atoms with Crippen LogP contribution in [0.1, 0.15) is 74.1 Å². The molecule has 0 radical (unpaired) electrons. The van der Waals surface area contributed by atoms with Crippen LogP contribution >= 0.6 is 0 Å². The van der Waals surface area contributed by atoms with E-state index in [1.807, 2.05) is 0 Å². The first-order valence-electron chi connectivity index (χ1n) is 12.1. The summed E-state index contributed by atoms with van der Waals surface area (Å²) >= 11 is 0. The maximum absolute atomic E-state index is 13.0. The van der Waals surface area contributed by atoms with Gasteiger partial charge in [-0.2, -0.15) is 0 Å². The molecule has 2 saturated carbocycles. The molecule has 2 N–H and O–H groups in total. The maximum atomic E-state index is 13.0. The van der Waals surface area contributed by atoms with Gasteiger partial charge in [-0.15, -0.1) is 0 Å². The number of pyridine rings is 2. The molecule has 2 aromatic heterocycles. The van der Waals surface area contributed by atoms with E-state index >= 15 is 0 Å². The van der Waals surface area contributed by atoms with E-state index in [-0.39, 0.29) is 40.5 Å². The number of aromatic nitrogens is 2. The van der Waals surface area contributed by atoms with Gasteiger partial charge in [0.05, 0.1) is 5.56 Å². The Balaban J connectivity index is 1.57. The molecule has 0 aromatic carbocycles. The Bertz CT molecular complexity index is 978. The Labute approximate surface area is 197 Å². The molecule has 0 bridgehead atoms. The van der Waals surface area contributed by atoms with E-state index < -0.39 is 0 Å². The minimum absolute atomic E-state index is 0.0518. The summed E-state index contributed by atoms with van der Waals surface area (Å²) in [6.45, 7) is 10.00. The lowest BCUT2D eigenvalue weighted by molar-refractivity contribution is -0.102. The predicted molar refractivity (Wildman–Crippen MR) is 129 cm³/mol. The number of carbonyl (C=O) groups excluding carboxylic acids is 2. The molecular weight excluding hydrogens is 412 g/mol. The average Bonchev–Trinajstić information content (AvgIpc) is 2.80. The number of hydrogen-bond acceptors (Lipinski definition) is 4. The van der Waals surface area contributed by atoms with Crippen LogP contribution in [-0.4, -0.2) is 34.4 Å². The summed E-state index contributed by atoms with van der Waals surface area (Å²) in [5, 5.41) is 6.52. The summed E-state index contributed by atoms with van der Waals surface area (Å²) in [7, 11) is 0.